The van der Waals surface area contributed by atoms with Crippen LogP contribution in [0.4, 0.5) is 0 Å². The first kappa shape index (κ1) is 20.8. The standard InChI is InChI=1S/C21H25ClN2O3S/c1-15-9-10-19(28(26,27)24-11-4-3-5-12-24)14-20(15)21(25)23-16(2)17-7-6-8-18(22)13-17/h6-10,13-14,16H,3-5,11-12H2,1-2H3,(H,23,25). The number of rotatable bonds is 5. The summed E-state index contributed by atoms with van der Waals surface area (Å²) in [6.45, 7) is 4.73. The number of carbonyl (C=O) groups is 1. The molecule has 5 nitrogen and oxygen atoms in total. The molecular weight excluding hydrogens is 396 g/mol. The van der Waals surface area contributed by atoms with Crippen molar-refractivity contribution in [3.8, 4) is 0 Å². The first-order chi connectivity index (χ1) is 13.3. The zero-order valence-electron chi connectivity index (χ0n) is 16.1. The van der Waals surface area contributed by atoms with Gasteiger partial charge in [0, 0.05) is 23.7 Å². The SMILES string of the molecule is Cc1ccc(S(=O)(=O)N2CCCCC2)cc1C(=O)NC(C)c1cccc(Cl)c1. The van der Waals surface area contributed by atoms with Crippen LogP contribution in [0.1, 0.15) is 53.7 Å². The molecule has 2 aromatic rings. The van der Waals surface area contributed by atoms with Crippen molar-refractivity contribution in [2.45, 2.75) is 44.0 Å². The average Bonchev–Trinajstić information content (AvgIpc) is 2.68. The van der Waals surface area contributed by atoms with Gasteiger partial charge in [0.15, 0.2) is 0 Å². The Hall–Kier alpha value is -1.89. The minimum atomic E-state index is -3.59. The Morgan fingerprint density at radius 1 is 1.11 bits per heavy atom. The lowest BCUT2D eigenvalue weighted by atomic mass is 10.1. The number of halogens is 1. The Kier molecular flexibility index (Phi) is 6.43. The lowest BCUT2D eigenvalue weighted by Gasteiger charge is -2.26. The zero-order valence-corrected chi connectivity index (χ0v) is 17.7. The summed E-state index contributed by atoms with van der Waals surface area (Å²) in [5, 5.41) is 3.53. The first-order valence-corrected chi connectivity index (χ1v) is 11.3. The first-order valence-electron chi connectivity index (χ1n) is 9.46. The van der Waals surface area contributed by atoms with Crippen LogP contribution in [-0.4, -0.2) is 31.7 Å². The number of carbonyl (C=O) groups excluding carboxylic acids is 1. The number of benzene rings is 2. The lowest BCUT2D eigenvalue weighted by molar-refractivity contribution is 0.0939. The second-order valence-electron chi connectivity index (χ2n) is 7.19. The number of sulfonamides is 1. The molecule has 7 heteroatoms. The van der Waals surface area contributed by atoms with Crippen LogP contribution in [0.3, 0.4) is 0 Å². The number of nitrogens with one attached hydrogen (secondary N) is 1. The molecule has 1 atom stereocenters. The molecule has 1 aliphatic heterocycles. The molecule has 0 radical (unpaired) electrons. The van der Waals surface area contributed by atoms with E-state index < -0.39 is 10.0 Å². The normalized spacial score (nSPS) is 16.5. The maximum atomic E-state index is 12.9. The highest BCUT2D eigenvalue weighted by atomic mass is 35.5. The summed E-state index contributed by atoms with van der Waals surface area (Å²) in [5.41, 5.74) is 1.98. The Morgan fingerprint density at radius 2 is 1.82 bits per heavy atom. The van der Waals surface area contributed by atoms with Gasteiger partial charge in [-0.05, 0) is 62.1 Å². The summed E-state index contributed by atoms with van der Waals surface area (Å²) in [6.07, 6.45) is 2.79. The molecule has 1 saturated heterocycles. The minimum Gasteiger partial charge on any atom is -0.346 e. The van der Waals surface area contributed by atoms with Gasteiger partial charge in [-0.3, -0.25) is 4.79 Å². The van der Waals surface area contributed by atoms with E-state index in [0.717, 1.165) is 30.4 Å². The van der Waals surface area contributed by atoms with Crippen LogP contribution in [0.15, 0.2) is 47.4 Å². The molecular formula is C21H25ClN2O3S. The molecule has 0 spiro atoms. The fraction of sp³-hybridized carbons (Fsp3) is 0.381. The van der Waals surface area contributed by atoms with Crippen LogP contribution >= 0.6 is 11.6 Å². The molecule has 28 heavy (non-hydrogen) atoms. The van der Waals surface area contributed by atoms with Crippen LogP contribution in [-0.2, 0) is 10.0 Å². The number of hydrogen-bond acceptors (Lipinski definition) is 3. The third-order valence-corrected chi connectivity index (χ3v) is 7.23. The van der Waals surface area contributed by atoms with Gasteiger partial charge in [-0.2, -0.15) is 4.31 Å². The molecule has 1 heterocycles. The molecule has 1 fully saturated rings. The largest absolute Gasteiger partial charge is 0.346 e. The number of amides is 1. The molecule has 3 rings (SSSR count). The highest BCUT2D eigenvalue weighted by molar-refractivity contribution is 7.89. The number of piperidine rings is 1. The molecule has 1 aliphatic rings. The van der Waals surface area contributed by atoms with Crippen molar-refractivity contribution in [1.82, 2.24) is 9.62 Å². The van der Waals surface area contributed by atoms with E-state index in [0.29, 0.717) is 23.7 Å². The van der Waals surface area contributed by atoms with Crippen molar-refractivity contribution in [2.24, 2.45) is 0 Å². The predicted octanol–water partition coefficient (Wildman–Crippen LogP) is 4.31. The summed E-state index contributed by atoms with van der Waals surface area (Å²) in [7, 11) is -3.59. The minimum absolute atomic E-state index is 0.167. The van der Waals surface area contributed by atoms with Crippen molar-refractivity contribution in [2.75, 3.05) is 13.1 Å². The van der Waals surface area contributed by atoms with Crippen molar-refractivity contribution in [3.05, 3.63) is 64.2 Å². The molecule has 0 saturated carbocycles. The second kappa shape index (κ2) is 8.64. The fourth-order valence-electron chi connectivity index (χ4n) is 3.39. The van der Waals surface area contributed by atoms with Crippen LogP contribution < -0.4 is 5.32 Å². The van der Waals surface area contributed by atoms with E-state index >= 15 is 0 Å². The summed E-state index contributed by atoms with van der Waals surface area (Å²) >= 11 is 6.03. The monoisotopic (exact) mass is 420 g/mol. The van der Waals surface area contributed by atoms with E-state index in [2.05, 4.69) is 5.32 Å². The Bertz CT molecular complexity index is 969. The fourth-order valence-corrected chi connectivity index (χ4v) is 5.14. The summed E-state index contributed by atoms with van der Waals surface area (Å²) in [5.74, 6) is -0.305. The van der Waals surface area contributed by atoms with E-state index in [-0.39, 0.29) is 16.8 Å². The summed E-state index contributed by atoms with van der Waals surface area (Å²) < 4.78 is 27.4. The van der Waals surface area contributed by atoms with Gasteiger partial charge in [0.25, 0.3) is 5.91 Å². The van der Waals surface area contributed by atoms with Gasteiger partial charge in [-0.1, -0.05) is 36.2 Å². The summed E-state index contributed by atoms with van der Waals surface area (Å²) in [6, 6.07) is 11.8. The lowest BCUT2D eigenvalue weighted by Crippen LogP contribution is -2.35. The van der Waals surface area contributed by atoms with Gasteiger partial charge >= 0.3 is 0 Å². The van der Waals surface area contributed by atoms with E-state index in [1.807, 2.05) is 19.1 Å². The average molecular weight is 421 g/mol. The Morgan fingerprint density at radius 3 is 2.50 bits per heavy atom. The Balaban J connectivity index is 1.83. The van der Waals surface area contributed by atoms with Gasteiger partial charge in [0.2, 0.25) is 10.0 Å². The third kappa shape index (κ3) is 4.57. The number of hydrogen-bond donors (Lipinski definition) is 1. The molecule has 0 aromatic heterocycles. The molecule has 1 N–H and O–H groups in total. The molecule has 1 unspecified atom stereocenters. The third-order valence-electron chi connectivity index (χ3n) is 5.10. The topological polar surface area (TPSA) is 66.5 Å². The molecule has 2 aromatic carbocycles. The summed E-state index contributed by atoms with van der Waals surface area (Å²) in [4.78, 5) is 13.0. The highest BCUT2D eigenvalue weighted by Crippen LogP contribution is 2.24. The maximum absolute atomic E-state index is 12.9. The zero-order chi connectivity index (χ0) is 20.3. The van der Waals surface area contributed by atoms with Crippen molar-refractivity contribution in [1.29, 1.82) is 0 Å². The van der Waals surface area contributed by atoms with E-state index in [1.165, 1.54) is 10.4 Å². The smallest absolute Gasteiger partial charge is 0.252 e. The second-order valence-corrected chi connectivity index (χ2v) is 9.57. The quantitative estimate of drug-likeness (QED) is 0.783. The molecule has 1 amide bonds. The van der Waals surface area contributed by atoms with Crippen LogP contribution in [0.25, 0.3) is 0 Å². The maximum Gasteiger partial charge on any atom is 0.252 e. The van der Waals surface area contributed by atoms with Crippen LogP contribution in [0.2, 0.25) is 5.02 Å². The van der Waals surface area contributed by atoms with Crippen LogP contribution in [0.5, 0.6) is 0 Å². The van der Waals surface area contributed by atoms with E-state index in [9.17, 15) is 13.2 Å². The van der Waals surface area contributed by atoms with Crippen molar-refractivity contribution >= 4 is 27.5 Å². The molecule has 0 bridgehead atoms. The molecule has 150 valence electrons. The van der Waals surface area contributed by atoms with Gasteiger partial charge in [-0.25, -0.2) is 8.42 Å². The number of aryl methyl sites for hydroxylation is 1. The highest BCUT2D eigenvalue weighted by Gasteiger charge is 2.27. The molecule has 0 aliphatic carbocycles. The van der Waals surface area contributed by atoms with Gasteiger partial charge in [0.05, 0.1) is 10.9 Å². The van der Waals surface area contributed by atoms with Gasteiger partial charge < -0.3 is 5.32 Å². The van der Waals surface area contributed by atoms with E-state index in [1.54, 1.807) is 31.2 Å². The van der Waals surface area contributed by atoms with Crippen molar-refractivity contribution < 1.29 is 13.2 Å². The van der Waals surface area contributed by atoms with Crippen LogP contribution in [0, 0.1) is 6.92 Å². The van der Waals surface area contributed by atoms with Gasteiger partial charge in [-0.15, -0.1) is 0 Å². The van der Waals surface area contributed by atoms with Gasteiger partial charge in [0.1, 0.15) is 0 Å². The predicted molar refractivity (Wildman–Crippen MR) is 111 cm³/mol. The van der Waals surface area contributed by atoms with Crippen molar-refractivity contribution in [3.63, 3.8) is 0 Å². The number of nitrogens with zero attached hydrogens (tertiary/aromatic N) is 1. The Labute approximate surface area is 171 Å². The van der Waals surface area contributed by atoms with E-state index in [4.69, 9.17) is 11.6 Å².